The van der Waals surface area contributed by atoms with Crippen molar-refractivity contribution >= 4 is 11.9 Å². The first-order valence-electron chi connectivity index (χ1n) is 6.60. The van der Waals surface area contributed by atoms with Crippen LogP contribution in [0.1, 0.15) is 22.3 Å². The van der Waals surface area contributed by atoms with Crippen molar-refractivity contribution in [3.63, 3.8) is 0 Å². The highest BCUT2D eigenvalue weighted by Gasteiger charge is 2.22. The second-order valence-corrected chi connectivity index (χ2v) is 4.89. The lowest BCUT2D eigenvalue weighted by molar-refractivity contribution is -0.123. The number of amides is 1. The van der Waals surface area contributed by atoms with Crippen LogP contribution in [0.15, 0.2) is 36.4 Å². The standard InChI is InChI=1S/C15H18N2O3/c16-12-6-5-11(9-12)14(18)17-8-7-10-3-1-2-4-13(10)15(19)20/h1-6,11-12H,7-9,16H2,(H,17,18)(H,19,20). The van der Waals surface area contributed by atoms with Gasteiger partial charge in [0, 0.05) is 12.6 Å². The van der Waals surface area contributed by atoms with Gasteiger partial charge in [-0.25, -0.2) is 4.79 Å². The normalized spacial score (nSPS) is 20.9. The lowest BCUT2D eigenvalue weighted by Gasteiger charge is -2.11. The Morgan fingerprint density at radius 2 is 2.05 bits per heavy atom. The molecule has 2 atom stereocenters. The van der Waals surface area contributed by atoms with Gasteiger partial charge < -0.3 is 16.2 Å². The largest absolute Gasteiger partial charge is 0.478 e. The van der Waals surface area contributed by atoms with Crippen molar-refractivity contribution in [2.45, 2.75) is 18.9 Å². The average Bonchev–Trinajstić information content (AvgIpc) is 2.86. The predicted octanol–water partition coefficient (Wildman–Crippen LogP) is 0.947. The molecule has 4 N–H and O–H groups in total. The van der Waals surface area contributed by atoms with Crippen LogP contribution in [0.4, 0.5) is 0 Å². The van der Waals surface area contributed by atoms with Crippen molar-refractivity contribution in [2.24, 2.45) is 11.7 Å². The molecule has 0 fully saturated rings. The maximum absolute atomic E-state index is 11.9. The van der Waals surface area contributed by atoms with Crippen LogP contribution < -0.4 is 11.1 Å². The maximum Gasteiger partial charge on any atom is 0.335 e. The monoisotopic (exact) mass is 274 g/mol. The summed E-state index contributed by atoms with van der Waals surface area (Å²) in [5.74, 6) is -1.17. The van der Waals surface area contributed by atoms with Gasteiger partial charge in [0.1, 0.15) is 0 Å². The molecule has 5 nitrogen and oxygen atoms in total. The highest BCUT2D eigenvalue weighted by Crippen LogP contribution is 2.16. The van der Waals surface area contributed by atoms with Crippen molar-refractivity contribution in [3.8, 4) is 0 Å². The molecule has 5 heteroatoms. The molecule has 0 saturated heterocycles. The second kappa shape index (κ2) is 6.34. The van der Waals surface area contributed by atoms with E-state index in [1.165, 1.54) is 0 Å². The van der Waals surface area contributed by atoms with Gasteiger partial charge in [0.2, 0.25) is 5.91 Å². The van der Waals surface area contributed by atoms with Crippen molar-refractivity contribution in [2.75, 3.05) is 6.54 Å². The van der Waals surface area contributed by atoms with E-state index in [9.17, 15) is 9.59 Å². The van der Waals surface area contributed by atoms with Crippen LogP contribution >= 0.6 is 0 Å². The smallest absolute Gasteiger partial charge is 0.335 e. The van der Waals surface area contributed by atoms with Crippen molar-refractivity contribution in [3.05, 3.63) is 47.5 Å². The number of nitrogens with one attached hydrogen (secondary N) is 1. The van der Waals surface area contributed by atoms with Crippen LogP contribution in [-0.2, 0) is 11.2 Å². The summed E-state index contributed by atoms with van der Waals surface area (Å²) >= 11 is 0. The van der Waals surface area contributed by atoms with Gasteiger partial charge in [0.15, 0.2) is 0 Å². The zero-order valence-electron chi connectivity index (χ0n) is 11.1. The maximum atomic E-state index is 11.9. The number of carbonyl (C=O) groups excluding carboxylic acids is 1. The topological polar surface area (TPSA) is 92.4 Å². The van der Waals surface area contributed by atoms with E-state index in [4.69, 9.17) is 10.8 Å². The molecule has 0 heterocycles. The molecule has 0 radical (unpaired) electrons. The Kier molecular flexibility index (Phi) is 4.53. The van der Waals surface area contributed by atoms with Crippen molar-refractivity contribution in [1.29, 1.82) is 0 Å². The molecule has 2 unspecified atom stereocenters. The van der Waals surface area contributed by atoms with Gasteiger partial charge in [-0.2, -0.15) is 0 Å². The number of rotatable bonds is 5. The summed E-state index contributed by atoms with van der Waals surface area (Å²) in [6.45, 7) is 0.419. The van der Waals surface area contributed by atoms with Crippen LogP contribution in [0.3, 0.4) is 0 Å². The SMILES string of the molecule is NC1C=CC(C(=O)NCCc2ccccc2C(=O)O)C1. The average molecular weight is 274 g/mol. The van der Waals surface area contributed by atoms with Gasteiger partial charge in [0.25, 0.3) is 0 Å². The van der Waals surface area contributed by atoms with Crippen LogP contribution in [0, 0.1) is 5.92 Å². The van der Waals surface area contributed by atoms with Crippen molar-refractivity contribution in [1.82, 2.24) is 5.32 Å². The van der Waals surface area contributed by atoms with E-state index in [2.05, 4.69) is 5.32 Å². The van der Waals surface area contributed by atoms with E-state index in [0.717, 1.165) is 5.56 Å². The molecule has 1 amide bonds. The predicted molar refractivity (Wildman–Crippen MR) is 75.3 cm³/mol. The number of carboxylic acid groups (broad SMARTS) is 1. The van der Waals surface area contributed by atoms with Gasteiger partial charge in [-0.15, -0.1) is 0 Å². The summed E-state index contributed by atoms with van der Waals surface area (Å²) in [4.78, 5) is 22.9. The minimum atomic E-state index is -0.948. The van der Waals surface area contributed by atoms with Gasteiger partial charge in [-0.3, -0.25) is 4.79 Å². The third-order valence-electron chi connectivity index (χ3n) is 3.39. The van der Waals surface area contributed by atoms with E-state index < -0.39 is 5.97 Å². The van der Waals surface area contributed by atoms with E-state index in [-0.39, 0.29) is 23.4 Å². The third-order valence-corrected chi connectivity index (χ3v) is 3.39. The Morgan fingerprint density at radius 3 is 2.70 bits per heavy atom. The number of carbonyl (C=O) groups is 2. The Bertz CT molecular complexity index is 540. The zero-order valence-corrected chi connectivity index (χ0v) is 11.1. The van der Waals surface area contributed by atoms with Gasteiger partial charge in [-0.1, -0.05) is 30.4 Å². The van der Waals surface area contributed by atoms with E-state index in [0.29, 0.717) is 19.4 Å². The molecule has 0 bridgehead atoms. The molecule has 1 aromatic carbocycles. The number of nitrogens with two attached hydrogens (primary N) is 1. The summed E-state index contributed by atoms with van der Waals surface area (Å²) in [6.07, 6.45) is 4.80. The van der Waals surface area contributed by atoms with Gasteiger partial charge in [0.05, 0.1) is 11.5 Å². The number of hydrogen-bond acceptors (Lipinski definition) is 3. The first-order chi connectivity index (χ1) is 9.58. The molecule has 20 heavy (non-hydrogen) atoms. The number of aromatic carboxylic acids is 1. The fraction of sp³-hybridized carbons (Fsp3) is 0.333. The van der Waals surface area contributed by atoms with E-state index >= 15 is 0 Å². The molecular weight excluding hydrogens is 256 g/mol. The second-order valence-electron chi connectivity index (χ2n) is 4.89. The highest BCUT2D eigenvalue weighted by atomic mass is 16.4. The highest BCUT2D eigenvalue weighted by molar-refractivity contribution is 5.89. The quantitative estimate of drug-likeness (QED) is 0.697. The third kappa shape index (κ3) is 3.45. The lowest BCUT2D eigenvalue weighted by atomic mass is 10.0. The summed E-state index contributed by atoms with van der Waals surface area (Å²) in [6, 6.07) is 6.77. The van der Waals surface area contributed by atoms with Crippen LogP contribution in [0.2, 0.25) is 0 Å². The van der Waals surface area contributed by atoms with Crippen LogP contribution in [0.5, 0.6) is 0 Å². The van der Waals surface area contributed by atoms with E-state index in [1.54, 1.807) is 24.3 Å². The molecule has 2 rings (SSSR count). The fourth-order valence-electron chi connectivity index (χ4n) is 2.32. The fourth-order valence-corrected chi connectivity index (χ4v) is 2.32. The molecule has 1 aromatic rings. The Morgan fingerprint density at radius 1 is 1.30 bits per heavy atom. The number of benzene rings is 1. The summed E-state index contributed by atoms with van der Waals surface area (Å²) in [7, 11) is 0. The molecule has 1 aliphatic rings. The van der Waals surface area contributed by atoms with Gasteiger partial charge in [-0.05, 0) is 24.5 Å². The van der Waals surface area contributed by atoms with Gasteiger partial charge >= 0.3 is 5.97 Å². The summed E-state index contributed by atoms with van der Waals surface area (Å²) in [5, 5.41) is 11.9. The van der Waals surface area contributed by atoms with Crippen LogP contribution in [0.25, 0.3) is 0 Å². The molecule has 0 spiro atoms. The number of hydrogen-bond donors (Lipinski definition) is 3. The molecule has 0 aromatic heterocycles. The first kappa shape index (κ1) is 14.3. The lowest BCUT2D eigenvalue weighted by Crippen LogP contribution is -2.32. The first-order valence-corrected chi connectivity index (χ1v) is 6.60. The summed E-state index contributed by atoms with van der Waals surface area (Å²) in [5.41, 5.74) is 6.71. The minimum Gasteiger partial charge on any atom is -0.478 e. The zero-order chi connectivity index (χ0) is 14.5. The Labute approximate surface area is 117 Å². The Balaban J connectivity index is 1.86. The van der Waals surface area contributed by atoms with Crippen LogP contribution in [-0.4, -0.2) is 29.6 Å². The summed E-state index contributed by atoms with van der Waals surface area (Å²) < 4.78 is 0. The molecule has 106 valence electrons. The van der Waals surface area contributed by atoms with Crippen molar-refractivity contribution < 1.29 is 14.7 Å². The van der Waals surface area contributed by atoms with E-state index in [1.807, 2.05) is 12.2 Å². The molecule has 0 saturated carbocycles. The molecule has 0 aliphatic heterocycles. The Hall–Kier alpha value is -2.14. The number of carboxylic acids is 1. The minimum absolute atomic E-state index is 0.0431. The molecular formula is C15H18N2O3. The molecule has 1 aliphatic carbocycles.